The Labute approximate surface area is 124 Å². The van der Waals surface area contributed by atoms with Crippen molar-refractivity contribution in [2.24, 2.45) is 0 Å². The number of aryl methyl sites for hydroxylation is 1. The standard InChI is InChI=1S/C13H13ClN2O3S/c14-10-5-8(1-3-11(10)17)2-4-12(18)15-6-9-7-20-13(19)16-9/h1,3,5,7,17H,2,4,6H2,(H,15,18)(H,16,19). The predicted molar refractivity (Wildman–Crippen MR) is 78.2 cm³/mol. The minimum Gasteiger partial charge on any atom is -0.506 e. The van der Waals surface area contributed by atoms with E-state index in [0.717, 1.165) is 16.9 Å². The van der Waals surface area contributed by atoms with Gasteiger partial charge in [0.15, 0.2) is 0 Å². The maximum absolute atomic E-state index is 11.7. The molecule has 5 nitrogen and oxygen atoms in total. The highest BCUT2D eigenvalue weighted by molar-refractivity contribution is 7.07. The van der Waals surface area contributed by atoms with Gasteiger partial charge in [0.1, 0.15) is 5.75 Å². The van der Waals surface area contributed by atoms with Gasteiger partial charge in [0.25, 0.3) is 0 Å². The molecule has 0 aliphatic carbocycles. The molecule has 0 unspecified atom stereocenters. The number of carbonyl (C=O) groups is 1. The molecule has 0 atom stereocenters. The number of hydrogen-bond acceptors (Lipinski definition) is 4. The van der Waals surface area contributed by atoms with Crippen LogP contribution < -0.4 is 10.2 Å². The number of rotatable bonds is 5. The second kappa shape index (κ2) is 6.58. The van der Waals surface area contributed by atoms with Crippen LogP contribution in [0.25, 0.3) is 0 Å². The number of benzene rings is 1. The van der Waals surface area contributed by atoms with Crippen LogP contribution in [0.3, 0.4) is 0 Å². The summed E-state index contributed by atoms with van der Waals surface area (Å²) in [5.41, 5.74) is 1.58. The van der Waals surface area contributed by atoms with Crippen molar-refractivity contribution in [3.8, 4) is 5.75 Å². The molecule has 0 aliphatic heterocycles. The fourth-order valence-electron chi connectivity index (χ4n) is 1.65. The van der Waals surface area contributed by atoms with Crippen molar-refractivity contribution in [3.63, 3.8) is 0 Å². The molecule has 0 fully saturated rings. The molecule has 1 amide bonds. The Hall–Kier alpha value is -1.79. The third kappa shape index (κ3) is 4.11. The number of aromatic hydroxyl groups is 1. The van der Waals surface area contributed by atoms with E-state index in [1.165, 1.54) is 6.07 Å². The predicted octanol–water partition coefficient (Wildman–Crippen LogP) is 2.04. The number of aromatic amines is 1. The van der Waals surface area contributed by atoms with Crippen molar-refractivity contribution in [3.05, 3.63) is 49.5 Å². The van der Waals surface area contributed by atoms with Crippen LogP contribution in [0, 0.1) is 0 Å². The van der Waals surface area contributed by atoms with Gasteiger partial charge >= 0.3 is 4.87 Å². The van der Waals surface area contributed by atoms with Crippen molar-refractivity contribution in [2.45, 2.75) is 19.4 Å². The Bertz CT molecular complexity index is 666. The Morgan fingerprint density at radius 3 is 2.90 bits per heavy atom. The molecule has 1 aromatic heterocycles. The van der Waals surface area contributed by atoms with Crippen LogP contribution in [0.2, 0.25) is 5.02 Å². The van der Waals surface area contributed by atoms with Crippen LogP contribution >= 0.6 is 22.9 Å². The Kier molecular flexibility index (Phi) is 4.81. The van der Waals surface area contributed by atoms with Crippen molar-refractivity contribution < 1.29 is 9.90 Å². The highest BCUT2D eigenvalue weighted by atomic mass is 35.5. The van der Waals surface area contributed by atoms with Crippen LogP contribution in [0.4, 0.5) is 0 Å². The van der Waals surface area contributed by atoms with Gasteiger partial charge in [-0.1, -0.05) is 29.0 Å². The van der Waals surface area contributed by atoms with Crippen LogP contribution in [0.15, 0.2) is 28.4 Å². The lowest BCUT2D eigenvalue weighted by molar-refractivity contribution is -0.121. The zero-order chi connectivity index (χ0) is 14.5. The first-order valence-corrected chi connectivity index (χ1v) is 7.21. The van der Waals surface area contributed by atoms with Gasteiger partial charge in [-0.25, -0.2) is 0 Å². The molecular weight excluding hydrogens is 300 g/mol. The molecule has 3 N–H and O–H groups in total. The van der Waals surface area contributed by atoms with Gasteiger partial charge in [0.2, 0.25) is 5.91 Å². The average molecular weight is 313 g/mol. The number of nitrogens with one attached hydrogen (secondary N) is 2. The van der Waals surface area contributed by atoms with Gasteiger partial charge in [0, 0.05) is 17.5 Å². The summed E-state index contributed by atoms with van der Waals surface area (Å²) < 4.78 is 0. The summed E-state index contributed by atoms with van der Waals surface area (Å²) in [5.74, 6) is -0.0810. The van der Waals surface area contributed by atoms with Crippen LogP contribution in [0.5, 0.6) is 5.75 Å². The molecule has 0 radical (unpaired) electrons. The molecule has 1 aromatic carbocycles. The van der Waals surface area contributed by atoms with Crippen LogP contribution in [0.1, 0.15) is 17.7 Å². The highest BCUT2D eigenvalue weighted by Gasteiger charge is 2.05. The van der Waals surface area contributed by atoms with Crippen LogP contribution in [-0.2, 0) is 17.8 Å². The third-order valence-electron chi connectivity index (χ3n) is 2.70. The lowest BCUT2D eigenvalue weighted by Crippen LogP contribution is -2.23. The Morgan fingerprint density at radius 2 is 2.25 bits per heavy atom. The number of H-pyrrole nitrogens is 1. The largest absolute Gasteiger partial charge is 0.506 e. The molecule has 0 bridgehead atoms. The summed E-state index contributed by atoms with van der Waals surface area (Å²) >= 11 is 6.86. The molecule has 2 rings (SSSR count). The number of halogens is 1. The van der Waals surface area contributed by atoms with Gasteiger partial charge < -0.3 is 15.4 Å². The van der Waals surface area contributed by atoms with E-state index in [2.05, 4.69) is 10.3 Å². The second-order valence-electron chi connectivity index (χ2n) is 4.24. The number of phenolic OH excluding ortho intramolecular Hbond substituents is 1. The lowest BCUT2D eigenvalue weighted by atomic mass is 10.1. The minimum absolute atomic E-state index is 0.0290. The minimum atomic E-state index is -0.131. The van der Waals surface area contributed by atoms with Gasteiger partial charge in [0.05, 0.1) is 11.6 Å². The van der Waals surface area contributed by atoms with E-state index in [1.54, 1.807) is 17.5 Å². The lowest BCUT2D eigenvalue weighted by Gasteiger charge is -2.05. The van der Waals surface area contributed by atoms with E-state index < -0.39 is 0 Å². The molecule has 0 saturated carbocycles. The summed E-state index contributed by atoms with van der Waals surface area (Å²) in [6.45, 7) is 0.313. The van der Waals surface area contributed by atoms with E-state index in [0.29, 0.717) is 25.1 Å². The third-order valence-corrected chi connectivity index (χ3v) is 3.72. The molecule has 7 heteroatoms. The zero-order valence-electron chi connectivity index (χ0n) is 10.5. The normalized spacial score (nSPS) is 10.4. The number of thiazole rings is 1. The maximum Gasteiger partial charge on any atom is 0.304 e. The van der Waals surface area contributed by atoms with E-state index in [9.17, 15) is 14.7 Å². The first kappa shape index (κ1) is 14.6. The Morgan fingerprint density at radius 1 is 1.45 bits per heavy atom. The summed E-state index contributed by atoms with van der Waals surface area (Å²) in [6, 6.07) is 4.87. The number of carbonyl (C=O) groups excluding carboxylic acids is 1. The first-order valence-electron chi connectivity index (χ1n) is 5.95. The second-order valence-corrected chi connectivity index (χ2v) is 5.49. The molecular formula is C13H13ClN2O3S. The van der Waals surface area contributed by atoms with Gasteiger partial charge in [-0.15, -0.1) is 0 Å². The smallest absolute Gasteiger partial charge is 0.304 e. The highest BCUT2D eigenvalue weighted by Crippen LogP contribution is 2.24. The summed E-state index contributed by atoms with van der Waals surface area (Å²) in [5, 5.41) is 14.0. The molecule has 106 valence electrons. The van der Waals surface area contributed by atoms with Gasteiger partial charge in [-0.2, -0.15) is 0 Å². The number of phenols is 1. The van der Waals surface area contributed by atoms with E-state index >= 15 is 0 Å². The molecule has 2 aromatic rings. The fourth-order valence-corrected chi connectivity index (χ4v) is 2.43. The van der Waals surface area contributed by atoms with Crippen molar-refractivity contribution in [1.82, 2.24) is 10.3 Å². The summed E-state index contributed by atoms with van der Waals surface area (Å²) in [4.78, 5) is 25.1. The van der Waals surface area contributed by atoms with E-state index in [4.69, 9.17) is 11.6 Å². The molecule has 0 saturated heterocycles. The van der Waals surface area contributed by atoms with Crippen molar-refractivity contribution in [1.29, 1.82) is 0 Å². The maximum atomic E-state index is 11.7. The molecule has 20 heavy (non-hydrogen) atoms. The van der Waals surface area contributed by atoms with Gasteiger partial charge in [-0.3, -0.25) is 9.59 Å². The SMILES string of the molecule is O=C(CCc1ccc(O)c(Cl)c1)NCc1csc(=O)[nH]1. The average Bonchev–Trinajstić information content (AvgIpc) is 2.83. The topological polar surface area (TPSA) is 82.2 Å². The summed E-state index contributed by atoms with van der Waals surface area (Å²) in [6.07, 6.45) is 0.849. The summed E-state index contributed by atoms with van der Waals surface area (Å²) in [7, 11) is 0. The van der Waals surface area contributed by atoms with E-state index in [-0.39, 0.29) is 21.6 Å². The number of aromatic nitrogens is 1. The molecule has 0 aliphatic rings. The Balaban J connectivity index is 1.80. The number of hydrogen-bond donors (Lipinski definition) is 3. The molecule has 0 spiro atoms. The van der Waals surface area contributed by atoms with E-state index in [1.807, 2.05) is 0 Å². The van der Waals surface area contributed by atoms with Crippen LogP contribution in [-0.4, -0.2) is 16.0 Å². The van der Waals surface area contributed by atoms with Crippen molar-refractivity contribution in [2.75, 3.05) is 0 Å². The molecule has 1 heterocycles. The fraction of sp³-hybridized carbons (Fsp3) is 0.231. The monoisotopic (exact) mass is 312 g/mol. The zero-order valence-corrected chi connectivity index (χ0v) is 12.1. The van der Waals surface area contributed by atoms with Crippen molar-refractivity contribution >= 4 is 28.8 Å². The quantitative estimate of drug-likeness (QED) is 0.790. The van der Waals surface area contributed by atoms with Gasteiger partial charge in [-0.05, 0) is 24.1 Å². The number of amides is 1. The first-order chi connectivity index (χ1) is 9.54.